The zero-order chi connectivity index (χ0) is 17.2. The third-order valence-corrected chi connectivity index (χ3v) is 4.88. The number of thiazole rings is 1. The molecule has 0 aliphatic rings. The molecule has 6 nitrogen and oxygen atoms in total. The summed E-state index contributed by atoms with van der Waals surface area (Å²) in [7, 11) is 0. The molecule has 7 heteroatoms. The highest BCUT2D eigenvalue weighted by Gasteiger charge is 2.11. The van der Waals surface area contributed by atoms with Crippen LogP contribution in [0.4, 0.5) is 0 Å². The van der Waals surface area contributed by atoms with Gasteiger partial charge in [0, 0.05) is 18.0 Å². The molecule has 124 valence electrons. The molecule has 0 bridgehead atoms. The highest BCUT2D eigenvalue weighted by molar-refractivity contribution is 7.18. The Labute approximate surface area is 149 Å². The van der Waals surface area contributed by atoms with Crippen molar-refractivity contribution < 1.29 is 0 Å². The van der Waals surface area contributed by atoms with E-state index in [-0.39, 0.29) is 0 Å². The fraction of sp³-hybridized carbons (Fsp3) is 0.167. The monoisotopic (exact) mass is 348 g/mol. The Balaban J connectivity index is 1.56. The van der Waals surface area contributed by atoms with E-state index in [0.717, 1.165) is 32.5 Å². The van der Waals surface area contributed by atoms with Crippen molar-refractivity contribution in [2.24, 2.45) is 0 Å². The van der Waals surface area contributed by atoms with Gasteiger partial charge in [-0.05, 0) is 19.4 Å². The first-order valence-electron chi connectivity index (χ1n) is 7.89. The maximum Gasteiger partial charge on any atom is 0.124 e. The van der Waals surface area contributed by atoms with Crippen molar-refractivity contribution >= 4 is 11.3 Å². The maximum atomic E-state index is 4.55. The topological polar surface area (TPSA) is 69.4 Å². The number of rotatable bonds is 4. The van der Waals surface area contributed by atoms with Crippen LogP contribution in [0.25, 0.3) is 21.1 Å². The second-order valence-corrected chi connectivity index (χ2v) is 6.83. The molecule has 0 saturated heterocycles. The lowest BCUT2D eigenvalue weighted by atomic mass is 10.1. The quantitative estimate of drug-likeness (QED) is 0.564. The van der Waals surface area contributed by atoms with Crippen LogP contribution in [0.15, 0.2) is 49.1 Å². The Kier molecular flexibility index (Phi) is 4.07. The molecule has 4 aromatic rings. The number of aryl methyl sites for hydroxylation is 2. The molecule has 0 atom stereocenters. The average Bonchev–Trinajstić information content (AvgIpc) is 3.27. The van der Waals surface area contributed by atoms with Gasteiger partial charge in [-0.2, -0.15) is 0 Å². The van der Waals surface area contributed by atoms with Gasteiger partial charge in [-0.1, -0.05) is 29.5 Å². The van der Waals surface area contributed by atoms with Crippen molar-refractivity contribution in [3.8, 4) is 21.1 Å². The lowest BCUT2D eigenvalue weighted by Gasteiger charge is -2.00. The van der Waals surface area contributed by atoms with Crippen LogP contribution in [0.2, 0.25) is 0 Å². The van der Waals surface area contributed by atoms with Crippen molar-refractivity contribution in [1.29, 1.82) is 0 Å². The van der Waals surface area contributed by atoms with Crippen molar-refractivity contribution in [1.82, 2.24) is 29.9 Å². The fourth-order valence-corrected chi connectivity index (χ4v) is 3.44. The summed E-state index contributed by atoms with van der Waals surface area (Å²) >= 11 is 1.62. The van der Waals surface area contributed by atoms with Gasteiger partial charge in [0.25, 0.3) is 0 Å². The molecule has 0 aliphatic heterocycles. The molecule has 4 rings (SSSR count). The van der Waals surface area contributed by atoms with Crippen LogP contribution in [0.1, 0.15) is 17.0 Å². The molecular formula is C18H16N6S. The molecule has 0 saturated carbocycles. The van der Waals surface area contributed by atoms with E-state index in [0.29, 0.717) is 6.54 Å². The lowest BCUT2D eigenvalue weighted by molar-refractivity contribution is 0.636. The van der Waals surface area contributed by atoms with Crippen LogP contribution in [-0.4, -0.2) is 29.9 Å². The summed E-state index contributed by atoms with van der Waals surface area (Å²) in [6.45, 7) is 4.55. The van der Waals surface area contributed by atoms with E-state index in [1.54, 1.807) is 28.4 Å². The minimum absolute atomic E-state index is 0.545. The van der Waals surface area contributed by atoms with Crippen molar-refractivity contribution in [3.63, 3.8) is 0 Å². The van der Waals surface area contributed by atoms with Gasteiger partial charge in [0.15, 0.2) is 0 Å². The highest BCUT2D eigenvalue weighted by atomic mass is 32.1. The normalized spacial score (nSPS) is 11.0. The van der Waals surface area contributed by atoms with Gasteiger partial charge in [0.2, 0.25) is 0 Å². The SMILES string of the molecule is Cc1cnc(Cn2cc(-c3cnc(-c4ccccc4C)s3)nn2)cn1. The van der Waals surface area contributed by atoms with Gasteiger partial charge < -0.3 is 0 Å². The van der Waals surface area contributed by atoms with E-state index < -0.39 is 0 Å². The predicted molar refractivity (Wildman–Crippen MR) is 97.2 cm³/mol. The number of nitrogens with zero attached hydrogens (tertiary/aromatic N) is 6. The second kappa shape index (κ2) is 6.52. The van der Waals surface area contributed by atoms with Crippen LogP contribution in [0, 0.1) is 13.8 Å². The van der Waals surface area contributed by atoms with Gasteiger partial charge in [-0.15, -0.1) is 16.4 Å². The standard InChI is InChI=1S/C18H16N6S/c1-12-5-3-4-6-15(12)18-21-9-17(25-18)16-11-24(23-22-16)10-14-8-19-13(2)7-20-14/h3-9,11H,10H2,1-2H3. The van der Waals surface area contributed by atoms with Crippen LogP contribution in [0.3, 0.4) is 0 Å². The summed E-state index contributed by atoms with van der Waals surface area (Å²) < 4.78 is 1.77. The van der Waals surface area contributed by atoms with Crippen LogP contribution < -0.4 is 0 Å². The van der Waals surface area contributed by atoms with Gasteiger partial charge in [0.05, 0.1) is 35.2 Å². The Morgan fingerprint density at radius 1 is 1.00 bits per heavy atom. The highest BCUT2D eigenvalue weighted by Crippen LogP contribution is 2.32. The molecule has 3 aromatic heterocycles. The van der Waals surface area contributed by atoms with E-state index in [1.165, 1.54) is 5.56 Å². The first kappa shape index (κ1) is 15.6. The molecule has 0 spiro atoms. The summed E-state index contributed by atoms with van der Waals surface area (Å²) in [5, 5.41) is 9.45. The molecule has 25 heavy (non-hydrogen) atoms. The van der Waals surface area contributed by atoms with E-state index in [2.05, 4.69) is 44.3 Å². The fourth-order valence-electron chi connectivity index (χ4n) is 2.49. The summed E-state index contributed by atoms with van der Waals surface area (Å²) in [6.07, 6.45) is 7.29. The van der Waals surface area contributed by atoms with Crippen molar-refractivity contribution in [2.75, 3.05) is 0 Å². The van der Waals surface area contributed by atoms with Crippen molar-refractivity contribution in [2.45, 2.75) is 20.4 Å². The zero-order valence-corrected chi connectivity index (χ0v) is 14.7. The smallest absolute Gasteiger partial charge is 0.124 e. The van der Waals surface area contributed by atoms with Gasteiger partial charge in [0.1, 0.15) is 10.7 Å². The number of benzene rings is 1. The molecule has 0 amide bonds. The summed E-state index contributed by atoms with van der Waals surface area (Å²) in [5.74, 6) is 0. The average molecular weight is 348 g/mol. The molecular weight excluding hydrogens is 332 g/mol. The minimum atomic E-state index is 0.545. The second-order valence-electron chi connectivity index (χ2n) is 5.80. The Bertz CT molecular complexity index is 1000. The predicted octanol–water partition coefficient (Wildman–Crippen LogP) is 3.52. The first-order chi connectivity index (χ1) is 12.2. The molecule has 0 aliphatic carbocycles. The number of hydrogen-bond donors (Lipinski definition) is 0. The third-order valence-electron chi connectivity index (χ3n) is 3.83. The Morgan fingerprint density at radius 3 is 2.68 bits per heavy atom. The lowest BCUT2D eigenvalue weighted by Crippen LogP contribution is -2.03. The van der Waals surface area contributed by atoms with E-state index in [4.69, 9.17) is 0 Å². The molecule has 0 fully saturated rings. The van der Waals surface area contributed by atoms with Crippen LogP contribution >= 0.6 is 11.3 Å². The molecule has 0 unspecified atom stereocenters. The molecule has 3 heterocycles. The van der Waals surface area contributed by atoms with E-state index in [9.17, 15) is 0 Å². The number of hydrogen-bond acceptors (Lipinski definition) is 6. The van der Waals surface area contributed by atoms with Gasteiger partial charge >= 0.3 is 0 Å². The molecule has 1 aromatic carbocycles. The van der Waals surface area contributed by atoms with Crippen molar-refractivity contribution in [3.05, 3.63) is 66.0 Å². The number of aromatic nitrogens is 6. The van der Waals surface area contributed by atoms with E-state index >= 15 is 0 Å². The Hall–Kier alpha value is -2.93. The Morgan fingerprint density at radius 2 is 1.88 bits per heavy atom. The van der Waals surface area contributed by atoms with Gasteiger partial charge in [-0.3, -0.25) is 9.97 Å². The van der Waals surface area contributed by atoms with Gasteiger partial charge in [-0.25, -0.2) is 9.67 Å². The zero-order valence-electron chi connectivity index (χ0n) is 13.9. The molecule has 0 N–H and O–H groups in total. The molecule has 0 radical (unpaired) electrons. The summed E-state index contributed by atoms with van der Waals surface area (Å²) in [5.41, 5.74) is 4.94. The maximum absolute atomic E-state index is 4.55. The van der Waals surface area contributed by atoms with Crippen LogP contribution in [-0.2, 0) is 6.54 Å². The third kappa shape index (κ3) is 3.32. The van der Waals surface area contributed by atoms with Crippen LogP contribution in [0.5, 0.6) is 0 Å². The minimum Gasteiger partial charge on any atom is -0.258 e. The first-order valence-corrected chi connectivity index (χ1v) is 8.70. The summed E-state index contributed by atoms with van der Waals surface area (Å²) in [6, 6.07) is 8.25. The van der Waals surface area contributed by atoms with E-state index in [1.807, 2.05) is 31.5 Å². The largest absolute Gasteiger partial charge is 0.258 e. The summed E-state index contributed by atoms with van der Waals surface area (Å²) in [4.78, 5) is 14.1.